The second kappa shape index (κ2) is 12.9. The predicted molar refractivity (Wildman–Crippen MR) is 155 cm³/mol. The summed E-state index contributed by atoms with van der Waals surface area (Å²) in [7, 11) is 3.91. The number of nitrogens with zero attached hydrogens (tertiary/aromatic N) is 5. The minimum absolute atomic E-state index is 0. The molecule has 0 aliphatic rings. The van der Waals surface area contributed by atoms with Crippen LogP contribution in [0.3, 0.4) is 0 Å². The number of esters is 1. The first-order valence-electron chi connectivity index (χ1n) is 12.3. The number of anilines is 2. The summed E-state index contributed by atoms with van der Waals surface area (Å²) in [4.78, 5) is 38.1. The fraction of sp³-hybridized carbons (Fsp3) is 0.250. The number of pyridine rings is 1. The van der Waals surface area contributed by atoms with Crippen molar-refractivity contribution in [3.8, 4) is 0 Å². The molecule has 0 aliphatic carbocycles. The number of benzene rings is 2. The number of carbonyl (C=O) groups is 2. The molecule has 0 atom stereocenters. The molecule has 0 radical (unpaired) electrons. The standard InChI is InChI=1S/C28H31N7O3.ClH/c1-4-38-26(36)13-15-35(22-6-5-14-31-17-22)28(37)20-9-12-24-23(16-20)32-25(34(24)3)18-33(2)21-10-7-19(8-11-21)27(29)30;/h5-12,14,16-17H,4,13,15,18H2,1-3H3,(H3,29,30);1H. The zero-order valence-corrected chi connectivity index (χ0v) is 22.9. The number of ether oxygens (including phenoxy) is 1. The zero-order valence-electron chi connectivity index (χ0n) is 22.1. The van der Waals surface area contributed by atoms with Gasteiger partial charge in [-0.1, -0.05) is 0 Å². The third-order valence-electron chi connectivity index (χ3n) is 6.27. The minimum Gasteiger partial charge on any atom is -0.466 e. The van der Waals surface area contributed by atoms with Crippen LogP contribution in [-0.4, -0.2) is 52.4 Å². The second-order valence-corrected chi connectivity index (χ2v) is 8.83. The van der Waals surface area contributed by atoms with Crippen LogP contribution in [-0.2, 0) is 23.1 Å². The van der Waals surface area contributed by atoms with Gasteiger partial charge in [0, 0.05) is 43.7 Å². The highest BCUT2D eigenvalue weighted by molar-refractivity contribution is 6.07. The highest BCUT2D eigenvalue weighted by atomic mass is 35.5. The molecule has 2 heterocycles. The zero-order chi connectivity index (χ0) is 27.2. The lowest BCUT2D eigenvalue weighted by Gasteiger charge is -2.22. The van der Waals surface area contributed by atoms with Crippen LogP contribution in [0.5, 0.6) is 0 Å². The van der Waals surface area contributed by atoms with Crippen LogP contribution in [0.15, 0.2) is 67.0 Å². The van der Waals surface area contributed by atoms with E-state index in [0.717, 1.165) is 17.0 Å². The number of hydrogen-bond acceptors (Lipinski definition) is 7. The molecule has 2 aromatic carbocycles. The maximum atomic E-state index is 13.6. The first-order valence-corrected chi connectivity index (χ1v) is 12.3. The van der Waals surface area contributed by atoms with Crippen molar-refractivity contribution in [2.45, 2.75) is 19.9 Å². The Morgan fingerprint density at radius 2 is 1.79 bits per heavy atom. The highest BCUT2D eigenvalue weighted by Gasteiger charge is 2.21. The SMILES string of the molecule is CCOC(=O)CCN(C(=O)c1ccc2c(c1)nc(CN(C)c1ccc(C(=N)N)cc1)n2C)c1cccnc1.Cl. The maximum absolute atomic E-state index is 13.6. The Morgan fingerprint density at radius 3 is 2.44 bits per heavy atom. The Labute approximate surface area is 233 Å². The summed E-state index contributed by atoms with van der Waals surface area (Å²) in [5.74, 6) is 0.246. The van der Waals surface area contributed by atoms with Gasteiger partial charge in [0.25, 0.3) is 5.91 Å². The molecule has 3 N–H and O–H groups in total. The van der Waals surface area contributed by atoms with E-state index in [1.54, 1.807) is 43.6 Å². The van der Waals surface area contributed by atoms with Crippen LogP contribution in [0.2, 0.25) is 0 Å². The first-order chi connectivity index (χ1) is 18.3. The lowest BCUT2D eigenvalue weighted by Crippen LogP contribution is -2.33. The quantitative estimate of drug-likeness (QED) is 0.174. The second-order valence-electron chi connectivity index (χ2n) is 8.83. The monoisotopic (exact) mass is 549 g/mol. The number of imidazole rings is 1. The van der Waals surface area contributed by atoms with Crippen molar-refractivity contribution in [3.63, 3.8) is 0 Å². The van der Waals surface area contributed by atoms with E-state index in [1.807, 2.05) is 49.0 Å². The van der Waals surface area contributed by atoms with Crippen LogP contribution in [0.4, 0.5) is 11.4 Å². The van der Waals surface area contributed by atoms with Gasteiger partial charge in [-0.05, 0) is 61.5 Å². The van der Waals surface area contributed by atoms with Gasteiger partial charge in [0.05, 0.1) is 42.5 Å². The number of amidine groups is 1. The van der Waals surface area contributed by atoms with Crippen molar-refractivity contribution in [1.29, 1.82) is 5.41 Å². The Balaban J connectivity index is 0.00000420. The summed E-state index contributed by atoms with van der Waals surface area (Å²) in [5, 5.41) is 7.56. The van der Waals surface area contributed by atoms with Crippen LogP contribution < -0.4 is 15.5 Å². The number of rotatable bonds is 10. The van der Waals surface area contributed by atoms with Gasteiger partial charge in [0.1, 0.15) is 11.7 Å². The van der Waals surface area contributed by atoms with E-state index < -0.39 is 0 Å². The fourth-order valence-electron chi connectivity index (χ4n) is 4.18. The molecule has 204 valence electrons. The molecular formula is C28H32ClN7O3. The molecule has 0 unspecified atom stereocenters. The smallest absolute Gasteiger partial charge is 0.307 e. The first kappa shape index (κ1) is 29.1. The summed E-state index contributed by atoms with van der Waals surface area (Å²) < 4.78 is 7.05. The Morgan fingerprint density at radius 1 is 1.08 bits per heavy atom. The van der Waals surface area contributed by atoms with Crippen LogP contribution in [0, 0.1) is 5.41 Å². The predicted octanol–water partition coefficient (Wildman–Crippen LogP) is 3.91. The summed E-state index contributed by atoms with van der Waals surface area (Å²) in [5.41, 5.74) is 9.85. The van der Waals surface area contributed by atoms with Crippen LogP contribution in [0.25, 0.3) is 11.0 Å². The number of nitrogen functional groups attached to an aromatic ring is 1. The van der Waals surface area contributed by atoms with Crippen molar-refractivity contribution in [3.05, 3.63) is 83.9 Å². The van der Waals surface area contributed by atoms with Gasteiger partial charge in [-0.25, -0.2) is 4.98 Å². The number of carbonyl (C=O) groups excluding carboxylic acids is 2. The Hall–Kier alpha value is -4.44. The van der Waals surface area contributed by atoms with E-state index in [-0.39, 0.29) is 49.7 Å². The third-order valence-corrected chi connectivity index (χ3v) is 6.27. The van der Waals surface area contributed by atoms with Gasteiger partial charge in [0.2, 0.25) is 0 Å². The van der Waals surface area contributed by atoms with E-state index in [2.05, 4.69) is 9.88 Å². The molecule has 39 heavy (non-hydrogen) atoms. The van der Waals surface area contributed by atoms with Crippen molar-refractivity contribution >= 4 is 52.5 Å². The number of aromatic nitrogens is 3. The molecule has 0 fully saturated rings. The Kier molecular flexibility index (Phi) is 9.62. The van der Waals surface area contributed by atoms with Gasteiger partial charge < -0.3 is 24.8 Å². The molecule has 2 aromatic heterocycles. The van der Waals surface area contributed by atoms with Gasteiger partial charge in [0.15, 0.2) is 0 Å². The topological polar surface area (TPSA) is 130 Å². The lowest BCUT2D eigenvalue weighted by atomic mass is 10.1. The molecule has 0 aliphatic heterocycles. The van der Waals surface area contributed by atoms with Crippen molar-refractivity contribution < 1.29 is 14.3 Å². The molecule has 0 spiro atoms. The summed E-state index contributed by atoms with van der Waals surface area (Å²) in [6, 6.07) is 16.4. The number of nitrogens with one attached hydrogen (secondary N) is 1. The van der Waals surface area contributed by atoms with Gasteiger partial charge in [-0.3, -0.25) is 20.0 Å². The van der Waals surface area contributed by atoms with Crippen molar-refractivity contribution in [1.82, 2.24) is 14.5 Å². The molecule has 0 bridgehead atoms. The third kappa shape index (κ3) is 6.71. The van der Waals surface area contributed by atoms with E-state index in [9.17, 15) is 9.59 Å². The van der Waals surface area contributed by atoms with E-state index >= 15 is 0 Å². The van der Waals surface area contributed by atoms with Crippen LogP contribution >= 0.6 is 12.4 Å². The van der Waals surface area contributed by atoms with E-state index in [1.165, 1.54) is 4.90 Å². The highest BCUT2D eigenvalue weighted by Crippen LogP contribution is 2.23. The number of aryl methyl sites for hydroxylation is 1. The maximum Gasteiger partial charge on any atom is 0.307 e. The normalized spacial score (nSPS) is 10.5. The molecule has 10 nitrogen and oxygen atoms in total. The molecule has 4 rings (SSSR count). The van der Waals surface area contributed by atoms with E-state index in [4.69, 9.17) is 20.9 Å². The van der Waals surface area contributed by atoms with Gasteiger partial charge in [-0.15, -0.1) is 12.4 Å². The van der Waals surface area contributed by atoms with Gasteiger partial charge >= 0.3 is 5.97 Å². The molecular weight excluding hydrogens is 518 g/mol. The van der Waals surface area contributed by atoms with Crippen molar-refractivity contribution in [2.24, 2.45) is 12.8 Å². The van der Waals surface area contributed by atoms with E-state index in [0.29, 0.717) is 28.9 Å². The minimum atomic E-state index is -0.362. The van der Waals surface area contributed by atoms with Crippen molar-refractivity contribution in [2.75, 3.05) is 30.0 Å². The molecule has 0 saturated heterocycles. The summed E-state index contributed by atoms with van der Waals surface area (Å²) in [6.45, 7) is 2.74. The van der Waals surface area contributed by atoms with Gasteiger partial charge in [-0.2, -0.15) is 0 Å². The number of nitrogens with two attached hydrogens (primary N) is 1. The lowest BCUT2D eigenvalue weighted by molar-refractivity contribution is -0.142. The molecule has 0 saturated carbocycles. The Bertz CT molecular complexity index is 1460. The number of fused-ring (bicyclic) bond motifs is 1. The molecule has 1 amide bonds. The molecule has 4 aromatic rings. The van der Waals surface area contributed by atoms with Crippen LogP contribution in [0.1, 0.15) is 35.1 Å². The number of amides is 1. The average Bonchev–Trinajstić information content (AvgIpc) is 3.23. The average molecular weight is 550 g/mol. The number of hydrogen-bond donors (Lipinski definition) is 2. The summed E-state index contributed by atoms with van der Waals surface area (Å²) in [6.07, 6.45) is 3.30. The largest absolute Gasteiger partial charge is 0.466 e. The summed E-state index contributed by atoms with van der Waals surface area (Å²) >= 11 is 0. The number of halogens is 1. The molecule has 11 heteroatoms. The fourth-order valence-corrected chi connectivity index (χ4v) is 4.18.